The molecular weight excluding hydrogens is 199 g/mol. The molecule has 2 atom stereocenters. The van der Waals surface area contributed by atoms with Gasteiger partial charge in [0.15, 0.2) is 0 Å². The topological polar surface area (TPSA) is 18.5 Å². The van der Waals surface area contributed by atoms with E-state index in [0.717, 1.165) is 12.9 Å². The fourth-order valence-corrected chi connectivity index (χ4v) is 4.04. The van der Waals surface area contributed by atoms with Crippen molar-refractivity contribution in [3.05, 3.63) is 11.6 Å². The van der Waals surface area contributed by atoms with Crippen molar-refractivity contribution in [2.75, 3.05) is 20.8 Å². The standard InChI is InChI=1S/C13H23BO2/c1-12-5-11(7-15-3)6-13(2,8-12)10-14(9-12)16-4/h5H,6-10H2,1-4H3. The highest BCUT2D eigenvalue weighted by molar-refractivity contribution is 6.52. The molecule has 0 saturated carbocycles. The summed E-state index contributed by atoms with van der Waals surface area (Å²) in [6, 6.07) is 0. The molecule has 1 heterocycles. The Morgan fingerprint density at radius 1 is 1.31 bits per heavy atom. The summed E-state index contributed by atoms with van der Waals surface area (Å²) in [5, 5.41) is 0. The highest BCUT2D eigenvalue weighted by Gasteiger charge is 2.47. The third kappa shape index (κ3) is 2.35. The average molecular weight is 222 g/mol. The first kappa shape index (κ1) is 12.2. The van der Waals surface area contributed by atoms with E-state index in [9.17, 15) is 0 Å². The average Bonchev–Trinajstić information content (AvgIpc) is 2.13. The van der Waals surface area contributed by atoms with Crippen LogP contribution in [-0.2, 0) is 9.39 Å². The molecule has 0 aromatic rings. The van der Waals surface area contributed by atoms with E-state index < -0.39 is 0 Å². The Bertz CT molecular complexity index is 302. The number of allylic oxidation sites excluding steroid dienone is 1. The third-order valence-corrected chi connectivity index (χ3v) is 4.11. The Morgan fingerprint density at radius 2 is 2.06 bits per heavy atom. The van der Waals surface area contributed by atoms with Gasteiger partial charge in [0, 0.05) is 14.2 Å². The fourth-order valence-electron chi connectivity index (χ4n) is 4.04. The lowest BCUT2D eigenvalue weighted by Gasteiger charge is -2.49. The maximum absolute atomic E-state index is 5.59. The van der Waals surface area contributed by atoms with E-state index in [-0.39, 0.29) is 0 Å². The molecule has 0 radical (unpaired) electrons. The van der Waals surface area contributed by atoms with Crippen molar-refractivity contribution in [2.24, 2.45) is 10.8 Å². The lowest BCUT2D eigenvalue weighted by molar-refractivity contribution is 0.154. The Labute approximate surface area is 99.5 Å². The summed E-state index contributed by atoms with van der Waals surface area (Å²) in [6.45, 7) is 6.00. The minimum atomic E-state index is 0.319. The van der Waals surface area contributed by atoms with Crippen LogP contribution in [0.3, 0.4) is 0 Å². The zero-order valence-electron chi connectivity index (χ0n) is 11.0. The van der Waals surface area contributed by atoms with Crippen LogP contribution in [0.15, 0.2) is 11.6 Å². The van der Waals surface area contributed by atoms with Gasteiger partial charge < -0.3 is 9.39 Å². The van der Waals surface area contributed by atoms with Crippen LogP contribution in [0.4, 0.5) is 0 Å². The van der Waals surface area contributed by atoms with E-state index in [1.54, 1.807) is 7.11 Å². The van der Waals surface area contributed by atoms with Crippen LogP contribution in [0.25, 0.3) is 0 Å². The highest BCUT2D eigenvalue weighted by Crippen LogP contribution is 2.54. The summed E-state index contributed by atoms with van der Waals surface area (Å²) in [4.78, 5) is 0. The maximum atomic E-state index is 5.59. The SMILES string of the molecule is COCC1=CC2(C)CB(OC)CC(C)(C1)C2. The van der Waals surface area contributed by atoms with E-state index in [1.807, 2.05) is 7.11 Å². The second-order valence-corrected chi connectivity index (χ2v) is 6.32. The minimum Gasteiger partial charge on any atom is -0.438 e. The van der Waals surface area contributed by atoms with Crippen LogP contribution in [0.5, 0.6) is 0 Å². The molecule has 3 heteroatoms. The molecule has 2 rings (SSSR count). The zero-order valence-corrected chi connectivity index (χ0v) is 11.0. The van der Waals surface area contributed by atoms with Gasteiger partial charge in [0.1, 0.15) is 0 Å². The fraction of sp³-hybridized carbons (Fsp3) is 0.846. The van der Waals surface area contributed by atoms with Crippen LogP contribution >= 0.6 is 0 Å². The predicted molar refractivity (Wildman–Crippen MR) is 67.8 cm³/mol. The summed E-state index contributed by atoms with van der Waals surface area (Å²) in [5.41, 5.74) is 2.21. The Morgan fingerprint density at radius 3 is 2.62 bits per heavy atom. The molecule has 0 aromatic carbocycles. The number of hydrogen-bond donors (Lipinski definition) is 0. The molecule has 1 fully saturated rings. The molecule has 0 aromatic heterocycles. The molecule has 1 aliphatic carbocycles. The second-order valence-electron chi connectivity index (χ2n) is 6.32. The van der Waals surface area contributed by atoms with Gasteiger partial charge in [-0.2, -0.15) is 0 Å². The first-order chi connectivity index (χ1) is 7.49. The molecule has 0 amide bonds. The molecular formula is C13H23BO2. The van der Waals surface area contributed by atoms with E-state index in [0.29, 0.717) is 17.7 Å². The first-order valence-electron chi connectivity index (χ1n) is 6.21. The Balaban J connectivity index is 2.23. The number of hydrogen-bond acceptors (Lipinski definition) is 2. The van der Waals surface area contributed by atoms with Crippen LogP contribution < -0.4 is 0 Å². The predicted octanol–water partition coefficient (Wildman–Crippen LogP) is 3.02. The van der Waals surface area contributed by atoms with Crippen molar-refractivity contribution < 1.29 is 9.39 Å². The molecule has 2 aliphatic rings. The molecule has 2 nitrogen and oxygen atoms in total. The van der Waals surface area contributed by atoms with E-state index in [2.05, 4.69) is 19.9 Å². The van der Waals surface area contributed by atoms with Gasteiger partial charge in [-0.05, 0) is 41.9 Å². The summed E-state index contributed by atoms with van der Waals surface area (Å²) in [7, 11) is 3.63. The summed E-state index contributed by atoms with van der Waals surface area (Å²) in [6.07, 6.45) is 7.28. The van der Waals surface area contributed by atoms with E-state index >= 15 is 0 Å². The van der Waals surface area contributed by atoms with Crippen molar-refractivity contribution in [1.82, 2.24) is 0 Å². The summed E-state index contributed by atoms with van der Waals surface area (Å²) >= 11 is 0. The molecule has 2 bridgehead atoms. The van der Waals surface area contributed by atoms with E-state index in [1.165, 1.54) is 24.7 Å². The van der Waals surface area contributed by atoms with Crippen molar-refractivity contribution >= 4 is 6.92 Å². The van der Waals surface area contributed by atoms with Crippen molar-refractivity contribution in [2.45, 2.75) is 39.3 Å². The Hall–Kier alpha value is -0.275. The van der Waals surface area contributed by atoms with Crippen molar-refractivity contribution in [3.8, 4) is 0 Å². The van der Waals surface area contributed by atoms with Gasteiger partial charge >= 0.3 is 0 Å². The van der Waals surface area contributed by atoms with Crippen molar-refractivity contribution in [3.63, 3.8) is 0 Å². The van der Waals surface area contributed by atoms with Gasteiger partial charge in [-0.1, -0.05) is 19.9 Å². The summed E-state index contributed by atoms with van der Waals surface area (Å²) < 4.78 is 10.9. The normalized spacial score (nSPS) is 38.5. The first-order valence-corrected chi connectivity index (χ1v) is 6.21. The smallest absolute Gasteiger partial charge is 0.294 e. The monoisotopic (exact) mass is 222 g/mol. The quantitative estimate of drug-likeness (QED) is 0.539. The van der Waals surface area contributed by atoms with Crippen LogP contribution in [0.2, 0.25) is 12.6 Å². The molecule has 0 spiro atoms. The zero-order chi connectivity index (χ0) is 11.8. The van der Waals surface area contributed by atoms with Gasteiger partial charge in [-0.25, -0.2) is 0 Å². The van der Waals surface area contributed by atoms with Crippen LogP contribution in [0, 0.1) is 10.8 Å². The number of ether oxygens (including phenoxy) is 1. The molecule has 16 heavy (non-hydrogen) atoms. The van der Waals surface area contributed by atoms with E-state index in [4.69, 9.17) is 9.39 Å². The lowest BCUT2D eigenvalue weighted by atomic mass is 9.39. The molecule has 90 valence electrons. The van der Waals surface area contributed by atoms with Crippen LogP contribution in [0.1, 0.15) is 26.7 Å². The second kappa shape index (κ2) is 4.19. The molecule has 2 unspecified atom stereocenters. The van der Waals surface area contributed by atoms with Gasteiger partial charge in [0.05, 0.1) is 6.61 Å². The van der Waals surface area contributed by atoms with Gasteiger partial charge in [0.2, 0.25) is 0 Å². The summed E-state index contributed by atoms with van der Waals surface area (Å²) in [5.74, 6) is 0. The molecule has 1 aliphatic heterocycles. The van der Waals surface area contributed by atoms with Crippen LogP contribution in [-0.4, -0.2) is 27.7 Å². The molecule has 1 saturated heterocycles. The third-order valence-electron chi connectivity index (χ3n) is 4.11. The number of methoxy groups -OCH3 is 1. The molecule has 0 N–H and O–H groups in total. The van der Waals surface area contributed by atoms with Gasteiger partial charge in [-0.15, -0.1) is 0 Å². The Kier molecular flexibility index (Phi) is 3.19. The highest BCUT2D eigenvalue weighted by atomic mass is 16.5. The maximum Gasteiger partial charge on any atom is 0.294 e. The lowest BCUT2D eigenvalue weighted by Crippen LogP contribution is -2.44. The minimum absolute atomic E-state index is 0.319. The van der Waals surface area contributed by atoms with Crippen molar-refractivity contribution in [1.29, 1.82) is 0 Å². The number of fused-ring (bicyclic) bond motifs is 2. The number of rotatable bonds is 3. The van der Waals surface area contributed by atoms with Gasteiger partial charge in [0.25, 0.3) is 6.92 Å². The van der Waals surface area contributed by atoms with Gasteiger partial charge in [-0.3, -0.25) is 0 Å². The largest absolute Gasteiger partial charge is 0.438 e.